The topological polar surface area (TPSA) is 60.7 Å². The molecule has 0 saturated carbocycles. The van der Waals surface area contributed by atoms with Gasteiger partial charge in [-0.05, 0) is 14.1 Å². The van der Waals surface area contributed by atoms with Crippen molar-refractivity contribution < 1.29 is 0 Å². The lowest BCUT2D eigenvalue weighted by Crippen LogP contribution is -2.47. The standard InChI is InChI=1S/C12H24N6S/c1-16(2)3-4-17-5-7-18(8-6-17)10-11-9-14-12(15-13)19-11/h9H,3-8,10,13H2,1-2H3,(H,14,15). The molecular weight excluding hydrogens is 260 g/mol. The summed E-state index contributed by atoms with van der Waals surface area (Å²) < 4.78 is 0. The highest BCUT2D eigenvalue weighted by Gasteiger charge is 2.17. The zero-order chi connectivity index (χ0) is 13.7. The molecule has 0 radical (unpaired) electrons. The monoisotopic (exact) mass is 284 g/mol. The fraction of sp³-hybridized carbons (Fsp3) is 0.750. The van der Waals surface area contributed by atoms with Gasteiger partial charge in [-0.15, -0.1) is 0 Å². The SMILES string of the molecule is CN(C)CCN1CCN(Cc2cnc(NN)s2)CC1. The molecule has 3 N–H and O–H groups in total. The van der Waals surface area contributed by atoms with Gasteiger partial charge in [0.25, 0.3) is 0 Å². The van der Waals surface area contributed by atoms with Gasteiger partial charge in [0, 0.05) is 56.9 Å². The van der Waals surface area contributed by atoms with Crippen LogP contribution in [0.3, 0.4) is 0 Å². The number of nitrogens with zero attached hydrogens (tertiary/aromatic N) is 4. The summed E-state index contributed by atoms with van der Waals surface area (Å²) in [4.78, 5) is 12.7. The molecule has 108 valence electrons. The van der Waals surface area contributed by atoms with Crippen LogP contribution in [0.4, 0.5) is 5.13 Å². The number of likely N-dealkylation sites (N-methyl/N-ethyl adjacent to an activating group) is 1. The predicted molar refractivity (Wildman–Crippen MR) is 80.2 cm³/mol. The summed E-state index contributed by atoms with van der Waals surface area (Å²) in [5.74, 6) is 5.35. The molecule has 19 heavy (non-hydrogen) atoms. The Morgan fingerprint density at radius 3 is 2.58 bits per heavy atom. The maximum atomic E-state index is 5.35. The molecule has 1 aliphatic heterocycles. The summed E-state index contributed by atoms with van der Waals surface area (Å²) in [7, 11) is 4.26. The van der Waals surface area contributed by atoms with Gasteiger partial charge in [-0.25, -0.2) is 10.8 Å². The third-order valence-electron chi connectivity index (χ3n) is 3.38. The van der Waals surface area contributed by atoms with Gasteiger partial charge in [0.05, 0.1) is 0 Å². The summed E-state index contributed by atoms with van der Waals surface area (Å²) >= 11 is 1.63. The van der Waals surface area contributed by atoms with E-state index in [1.165, 1.54) is 11.4 Å². The van der Waals surface area contributed by atoms with Gasteiger partial charge >= 0.3 is 0 Å². The van der Waals surface area contributed by atoms with Gasteiger partial charge in [-0.2, -0.15) is 0 Å². The van der Waals surface area contributed by atoms with E-state index >= 15 is 0 Å². The van der Waals surface area contributed by atoms with E-state index in [9.17, 15) is 0 Å². The molecule has 0 amide bonds. The van der Waals surface area contributed by atoms with Crippen LogP contribution in [0.2, 0.25) is 0 Å². The van der Waals surface area contributed by atoms with Crippen molar-refractivity contribution >= 4 is 16.5 Å². The first-order valence-corrected chi connectivity index (χ1v) is 7.50. The van der Waals surface area contributed by atoms with Crippen molar-refractivity contribution in [2.45, 2.75) is 6.54 Å². The fourth-order valence-corrected chi connectivity index (χ4v) is 2.95. The molecule has 7 heteroatoms. The lowest BCUT2D eigenvalue weighted by molar-refractivity contribution is 0.121. The van der Waals surface area contributed by atoms with Crippen LogP contribution in [-0.2, 0) is 6.54 Å². The molecule has 1 aromatic rings. The van der Waals surface area contributed by atoms with Crippen LogP contribution in [-0.4, -0.2) is 73.0 Å². The molecule has 1 saturated heterocycles. The first-order chi connectivity index (χ1) is 9.17. The maximum Gasteiger partial charge on any atom is 0.197 e. The lowest BCUT2D eigenvalue weighted by atomic mass is 10.3. The molecular formula is C12H24N6S. The molecule has 2 rings (SSSR count). The van der Waals surface area contributed by atoms with Crippen LogP contribution in [0.1, 0.15) is 4.88 Å². The van der Waals surface area contributed by atoms with Gasteiger partial charge < -0.3 is 4.90 Å². The molecule has 0 unspecified atom stereocenters. The normalized spacial score (nSPS) is 18.1. The minimum absolute atomic E-state index is 0.791. The molecule has 2 heterocycles. The zero-order valence-corrected chi connectivity index (χ0v) is 12.6. The van der Waals surface area contributed by atoms with Crippen molar-refractivity contribution in [3.63, 3.8) is 0 Å². The van der Waals surface area contributed by atoms with E-state index in [2.05, 4.69) is 39.2 Å². The summed E-state index contributed by atoms with van der Waals surface area (Å²) in [5, 5.41) is 0.791. The highest BCUT2D eigenvalue weighted by atomic mass is 32.1. The smallest absolute Gasteiger partial charge is 0.197 e. The number of anilines is 1. The molecule has 1 fully saturated rings. The minimum Gasteiger partial charge on any atom is -0.308 e. The van der Waals surface area contributed by atoms with Gasteiger partial charge in [0.1, 0.15) is 0 Å². The van der Waals surface area contributed by atoms with E-state index in [1.54, 1.807) is 11.3 Å². The average Bonchev–Trinajstić information content (AvgIpc) is 2.85. The molecule has 0 aliphatic carbocycles. The average molecular weight is 284 g/mol. The van der Waals surface area contributed by atoms with E-state index in [0.29, 0.717) is 0 Å². The van der Waals surface area contributed by atoms with Crippen LogP contribution in [0.5, 0.6) is 0 Å². The number of hydrogen-bond acceptors (Lipinski definition) is 7. The third-order valence-corrected chi connectivity index (χ3v) is 4.30. The number of nitrogens with one attached hydrogen (secondary N) is 1. The highest BCUT2D eigenvalue weighted by molar-refractivity contribution is 7.15. The van der Waals surface area contributed by atoms with Crippen LogP contribution in [0, 0.1) is 0 Å². The summed E-state index contributed by atoms with van der Waals surface area (Å²) in [5.41, 5.74) is 2.59. The van der Waals surface area contributed by atoms with Crippen molar-refractivity contribution in [3.05, 3.63) is 11.1 Å². The molecule has 0 spiro atoms. The van der Waals surface area contributed by atoms with Crippen LogP contribution >= 0.6 is 11.3 Å². The molecule has 0 aromatic carbocycles. The van der Waals surface area contributed by atoms with Crippen LogP contribution in [0.25, 0.3) is 0 Å². The number of hydrazine groups is 1. The summed E-state index contributed by atoms with van der Waals surface area (Å²) in [6, 6.07) is 0. The zero-order valence-electron chi connectivity index (χ0n) is 11.8. The van der Waals surface area contributed by atoms with E-state index < -0.39 is 0 Å². The number of piperazine rings is 1. The maximum absolute atomic E-state index is 5.35. The van der Waals surface area contributed by atoms with Gasteiger partial charge in [-0.3, -0.25) is 15.2 Å². The Morgan fingerprint density at radius 2 is 2.00 bits per heavy atom. The van der Waals surface area contributed by atoms with Crippen molar-refractivity contribution in [1.82, 2.24) is 19.7 Å². The van der Waals surface area contributed by atoms with E-state index in [-0.39, 0.29) is 0 Å². The first-order valence-electron chi connectivity index (χ1n) is 6.68. The Bertz CT molecular complexity index is 372. The Labute approximate surface area is 119 Å². The van der Waals surface area contributed by atoms with Crippen LogP contribution in [0.15, 0.2) is 6.20 Å². The summed E-state index contributed by atoms with van der Waals surface area (Å²) in [6.07, 6.45) is 1.91. The van der Waals surface area contributed by atoms with Crippen LogP contribution < -0.4 is 11.3 Å². The molecule has 0 atom stereocenters. The Balaban J connectivity index is 1.71. The van der Waals surface area contributed by atoms with E-state index in [4.69, 9.17) is 5.84 Å². The van der Waals surface area contributed by atoms with Crippen molar-refractivity contribution in [2.24, 2.45) is 5.84 Å². The number of nitrogen functional groups attached to an aromatic ring is 1. The summed E-state index contributed by atoms with van der Waals surface area (Å²) in [6.45, 7) is 7.89. The fourth-order valence-electron chi connectivity index (χ4n) is 2.18. The number of thiazole rings is 1. The molecule has 1 aromatic heterocycles. The lowest BCUT2D eigenvalue weighted by Gasteiger charge is -2.34. The Morgan fingerprint density at radius 1 is 1.32 bits per heavy atom. The Kier molecular flexibility index (Phi) is 5.53. The second-order valence-corrected chi connectivity index (χ2v) is 6.31. The number of rotatable bonds is 6. The van der Waals surface area contributed by atoms with E-state index in [1.807, 2.05) is 6.20 Å². The predicted octanol–water partition coefficient (Wildman–Crippen LogP) is 0.108. The quantitative estimate of drug-likeness (QED) is 0.571. The number of nitrogens with two attached hydrogens (primary N) is 1. The van der Waals surface area contributed by atoms with Crippen molar-refractivity contribution in [3.8, 4) is 0 Å². The molecule has 0 bridgehead atoms. The van der Waals surface area contributed by atoms with Gasteiger partial charge in [0.15, 0.2) is 5.13 Å². The number of hydrogen-bond donors (Lipinski definition) is 2. The first kappa shape index (κ1) is 14.7. The van der Waals surface area contributed by atoms with E-state index in [0.717, 1.165) is 44.4 Å². The largest absolute Gasteiger partial charge is 0.308 e. The third kappa shape index (κ3) is 4.70. The van der Waals surface area contributed by atoms with Crippen molar-refractivity contribution in [1.29, 1.82) is 0 Å². The number of aromatic nitrogens is 1. The second kappa shape index (κ2) is 7.16. The second-order valence-electron chi connectivity index (χ2n) is 5.20. The molecule has 6 nitrogen and oxygen atoms in total. The highest BCUT2D eigenvalue weighted by Crippen LogP contribution is 2.19. The van der Waals surface area contributed by atoms with Gasteiger partial charge in [-0.1, -0.05) is 11.3 Å². The van der Waals surface area contributed by atoms with Crippen molar-refractivity contribution in [2.75, 3.05) is 58.8 Å². The van der Waals surface area contributed by atoms with Gasteiger partial charge in [0.2, 0.25) is 0 Å². The minimum atomic E-state index is 0.791. The Hall–Kier alpha value is -0.730. The molecule has 1 aliphatic rings.